The van der Waals surface area contributed by atoms with Crippen molar-refractivity contribution in [3.63, 3.8) is 0 Å². The minimum Gasteiger partial charge on any atom is -0.497 e. The maximum atomic E-state index is 13.3. The quantitative estimate of drug-likeness (QED) is 0.573. The maximum Gasteiger partial charge on any atom is 0.332 e. The molecule has 1 unspecified atom stereocenters. The Morgan fingerprint density at radius 2 is 1.90 bits per heavy atom. The first-order valence-electron chi connectivity index (χ1n) is 10.2. The fourth-order valence-electron chi connectivity index (χ4n) is 3.98. The number of nitrogens with zero attached hydrogens (tertiary/aromatic N) is 5. The summed E-state index contributed by atoms with van der Waals surface area (Å²) in [5.74, 6) is 1.74. The molecule has 160 valence electrons. The van der Waals surface area contributed by atoms with E-state index in [4.69, 9.17) is 14.5 Å². The van der Waals surface area contributed by atoms with Gasteiger partial charge in [-0.15, -0.1) is 0 Å². The van der Waals surface area contributed by atoms with E-state index in [1.807, 2.05) is 35.8 Å². The van der Waals surface area contributed by atoms with Gasteiger partial charge in [0.15, 0.2) is 11.2 Å². The van der Waals surface area contributed by atoms with Crippen LogP contribution >= 0.6 is 0 Å². The first-order chi connectivity index (χ1) is 14.5. The van der Waals surface area contributed by atoms with Crippen molar-refractivity contribution >= 4 is 22.8 Å². The predicted molar refractivity (Wildman–Crippen MR) is 115 cm³/mol. The molecule has 0 saturated carbocycles. The van der Waals surface area contributed by atoms with Gasteiger partial charge in [-0.2, -0.15) is 4.98 Å². The van der Waals surface area contributed by atoms with Crippen LogP contribution in [0.1, 0.15) is 13.8 Å². The molecule has 1 aromatic carbocycles. The third-order valence-electron chi connectivity index (χ3n) is 5.49. The zero-order valence-corrected chi connectivity index (χ0v) is 17.8. The summed E-state index contributed by atoms with van der Waals surface area (Å²) in [4.78, 5) is 32.9. The summed E-state index contributed by atoms with van der Waals surface area (Å²) in [7, 11) is 3.29. The summed E-state index contributed by atoms with van der Waals surface area (Å²) < 4.78 is 15.2. The molecule has 9 heteroatoms. The first-order valence-corrected chi connectivity index (χ1v) is 10.2. The Bertz CT molecular complexity index is 1180. The number of imidazole rings is 1. The molecule has 1 atom stereocenters. The molecule has 0 spiro atoms. The highest BCUT2D eigenvalue weighted by Crippen LogP contribution is 2.33. The second-order valence-corrected chi connectivity index (χ2v) is 7.60. The van der Waals surface area contributed by atoms with Crippen molar-refractivity contribution in [2.45, 2.75) is 26.9 Å². The molecule has 0 aliphatic carbocycles. The number of methoxy groups -OCH3 is 1. The number of hydrogen-bond donors (Lipinski definition) is 0. The van der Waals surface area contributed by atoms with Crippen LogP contribution in [0.2, 0.25) is 0 Å². The highest BCUT2D eigenvalue weighted by atomic mass is 16.5. The summed E-state index contributed by atoms with van der Waals surface area (Å²) in [6, 6.07) is 7.75. The highest BCUT2D eigenvalue weighted by molar-refractivity contribution is 5.77. The molecule has 0 radical (unpaired) electrons. The van der Waals surface area contributed by atoms with Crippen LogP contribution < -0.4 is 20.9 Å². The lowest BCUT2D eigenvalue weighted by molar-refractivity contribution is 0.137. The SMILES string of the molecule is CCOCCn1c(=O)c2c(nc3n2CC(C)CN3c2ccc(OC)cc2)n(C)c1=O. The fraction of sp³-hybridized carbons (Fsp3) is 0.476. The van der Waals surface area contributed by atoms with Crippen molar-refractivity contribution in [1.29, 1.82) is 0 Å². The van der Waals surface area contributed by atoms with Crippen LogP contribution in [0.15, 0.2) is 33.9 Å². The summed E-state index contributed by atoms with van der Waals surface area (Å²) in [5, 5.41) is 0. The normalized spacial score (nSPS) is 16.1. The third kappa shape index (κ3) is 3.28. The van der Waals surface area contributed by atoms with Gasteiger partial charge in [0.05, 0.1) is 20.3 Å². The van der Waals surface area contributed by atoms with Crippen LogP contribution in [0, 0.1) is 5.92 Å². The van der Waals surface area contributed by atoms with Crippen LogP contribution in [0.5, 0.6) is 5.75 Å². The molecule has 0 bridgehead atoms. The number of aromatic nitrogens is 4. The van der Waals surface area contributed by atoms with Crippen LogP contribution in [-0.2, 0) is 24.9 Å². The van der Waals surface area contributed by atoms with E-state index in [2.05, 4.69) is 11.8 Å². The summed E-state index contributed by atoms with van der Waals surface area (Å²) in [5.41, 5.74) is 1.11. The Kier molecular flexibility index (Phi) is 5.38. The van der Waals surface area contributed by atoms with Crippen molar-refractivity contribution in [3.8, 4) is 5.75 Å². The van der Waals surface area contributed by atoms with E-state index in [0.717, 1.165) is 18.0 Å². The Morgan fingerprint density at radius 3 is 2.57 bits per heavy atom. The van der Waals surface area contributed by atoms with Gasteiger partial charge in [-0.3, -0.25) is 13.9 Å². The van der Waals surface area contributed by atoms with Crippen LogP contribution in [0.25, 0.3) is 11.2 Å². The molecule has 4 rings (SSSR count). The molecular weight excluding hydrogens is 386 g/mol. The molecule has 30 heavy (non-hydrogen) atoms. The van der Waals surface area contributed by atoms with Gasteiger partial charge in [-0.05, 0) is 37.1 Å². The van der Waals surface area contributed by atoms with Crippen molar-refractivity contribution in [1.82, 2.24) is 18.7 Å². The van der Waals surface area contributed by atoms with E-state index < -0.39 is 0 Å². The smallest absolute Gasteiger partial charge is 0.332 e. The van der Waals surface area contributed by atoms with E-state index in [9.17, 15) is 9.59 Å². The molecule has 0 fully saturated rings. The van der Waals surface area contributed by atoms with E-state index >= 15 is 0 Å². The van der Waals surface area contributed by atoms with Gasteiger partial charge in [0.2, 0.25) is 5.95 Å². The topological polar surface area (TPSA) is 83.5 Å². The molecular formula is C21H27N5O4. The van der Waals surface area contributed by atoms with E-state index in [1.165, 1.54) is 9.13 Å². The molecule has 0 saturated heterocycles. The molecule has 2 aromatic heterocycles. The van der Waals surface area contributed by atoms with Crippen molar-refractivity contribution in [2.75, 3.05) is 31.8 Å². The van der Waals surface area contributed by atoms with Crippen molar-refractivity contribution in [2.24, 2.45) is 13.0 Å². The second kappa shape index (κ2) is 7.98. The monoisotopic (exact) mass is 413 g/mol. The Balaban J connectivity index is 1.88. The number of rotatable bonds is 6. The lowest BCUT2D eigenvalue weighted by Gasteiger charge is -2.33. The van der Waals surface area contributed by atoms with Gasteiger partial charge in [-0.1, -0.05) is 6.92 Å². The van der Waals surface area contributed by atoms with Crippen LogP contribution in [-0.4, -0.2) is 45.6 Å². The number of fused-ring (bicyclic) bond motifs is 3. The average Bonchev–Trinajstić information content (AvgIpc) is 3.13. The van der Waals surface area contributed by atoms with Crippen molar-refractivity contribution in [3.05, 3.63) is 45.1 Å². The van der Waals surface area contributed by atoms with Crippen LogP contribution in [0.3, 0.4) is 0 Å². The van der Waals surface area contributed by atoms with Gasteiger partial charge in [0, 0.05) is 32.4 Å². The summed E-state index contributed by atoms with van der Waals surface area (Å²) in [6.45, 7) is 6.51. The third-order valence-corrected chi connectivity index (χ3v) is 5.49. The molecule has 0 amide bonds. The van der Waals surface area contributed by atoms with E-state index in [-0.39, 0.29) is 17.8 Å². The minimum absolute atomic E-state index is 0.216. The first kappa shape index (κ1) is 20.2. The number of anilines is 2. The van der Waals surface area contributed by atoms with Gasteiger partial charge in [-0.25, -0.2) is 4.79 Å². The highest BCUT2D eigenvalue weighted by Gasteiger charge is 2.29. The maximum absolute atomic E-state index is 13.3. The lowest BCUT2D eigenvalue weighted by Crippen LogP contribution is -2.41. The standard InChI is InChI=1S/C21H27N5O4/c1-5-30-11-10-24-19(27)17-18(23(3)21(24)28)22-20-25(12-14(2)13-26(17)20)15-6-8-16(29-4)9-7-15/h6-9,14H,5,10-13H2,1-4H3. The molecule has 1 aliphatic rings. The Labute approximate surface area is 174 Å². The predicted octanol–water partition coefficient (Wildman–Crippen LogP) is 1.73. The van der Waals surface area contributed by atoms with Gasteiger partial charge < -0.3 is 18.9 Å². The summed E-state index contributed by atoms with van der Waals surface area (Å²) in [6.07, 6.45) is 0. The zero-order valence-electron chi connectivity index (χ0n) is 17.8. The summed E-state index contributed by atoms with van der Waals surface area (Å²) >= 11 is 0. The van der Waals surface area contributed by atoms with E-state index in [1.54, 1.807) is 14.2 Å². The lowest BCUT2D eigenvalue weighted by atomic mass is 10.1. The van der Waals surface area contributed by atoms with Gasteiger partial charge in [0.25, 0.3) is 5.56 Å². The minimum atomic E-state index is -0.383. The average molecular weight is 413 g/mol. The van der Waals surface area contributed by atoms with Gasteiger partial charge in [0.1, 0.15) is 5.75 Å². The fourth-order valence-corrected chi connectivity index (χ4v) is 3.98. The second-order valence-electron chi connectivity index (χ2n) is 7.60. The molecule has 3 aromatic rings. The molecule has 3 heterocycles. The van der Waals surface area contributed by atoms with Crippen molar-refractivity contribution < 1.29 is 9.47 Å². The zero-order chi connectivity index (χ0) is 21.4. The number of hydrogen-bond acceptors (Lipinski definition) is 6. The molecule has 9 nitrogen and oxygen atoms in total. The number of aryl methyl sites for hydroxylation is 1. The van der Waals surface area contributed by atoms with Crippen LogP contribution in [0.4, 0.5) is 11.6 Å². The Hall–Kier alpha value is -3.07. The van der Waals surface area contributed by atoms with Gasteiger partial charge >= 0.3 is 5.69 Å². The van der Waals surface area contributed by atoms with E-state index in [0.29, 0.717) is 42.8 Å². The molecule has 0 N–H and O–H groups in total. The Morgan fingerprint density at radius 1 is 1.17 bits per heavy atom. The largest absolute Gasteiger partial charge is 0.497 e. The number of benzene rings is 1. The molecule has 1 aliphatic heterocycles. The number of ether oxygens (including phenoxy) is 2.